The van der Waals surface area contributed by atoms with Crippen molar-refractivity contribution >= 4 is 23.2 Å². The van der Waals surface area contributed by atoms with Gasteiger partial charge < -0.3 is 9.80 Å². The fourth-order valence-corrected chi connectivity index (χ4v) is 5.80. The third-order valence-corrected chi connectivity index (χ3v) is 8.08. The summed E-state index contributed by atoms with van der Waals surface area (Å²) < 4.78 is 0. The molecule has 166 valence electrons. The number of aryl methyl sites for hydroxylation is 2. The van der Waals surface area contributed by atoms with Gasteiger partial charge in [-0.15, -0.1) is 11.3 Å². The van der Waals surface area contributed by atoms with Gasteiger partial charge >= 0.3 is 0 Å². The Kier molecular flexibility index (Phi) is 6.75. The van der Waals surface area contributed by atoms with Crippen LogP contribution in [0.1, 0.15) is 60.0 Å². The highest BCUT2D eigenvalue weighted by Crippen LogP contribution is 2.32. The highest BCUT2D eigenvalue weighted by Gasteiger charge is 2.33. The first-order valence-corrected chi connectivity index (χ1v) is 12.4. The minimum Gasteiger partial charge on any atom is -0.342 e. The summed E-state index contributed by atoms with van der Waals surface area (Å²) in [6.07, 6.45) is 5.29. The number of hydrogen-bond acceptors (Lipinski definition) is 4. The Hall–Kier alpha value is -2.21. The summed E-state index contributed by atoms with van der Waals surface area (Å²) in [5.74, 6) is 0.810. The summed E-state index contributed by atoms with van der Waals surface area (Å²) in [5.41, 5.74) is 3.08. The Labute approximate surface area is 189 Å². The zero-order valence-corrected chi connectivity index (χ0v) is 19.7. The third kappa shape index (κ3) is 4.84. The standard InChI is InChI=1S/C25H33N3O2S/c1-17-7-9-21(10-8-17)23-26-19(3)22(31-23)25(30)28-15-11-20(12-16-28)18(2)24(29)27-13-5-4-6-14-27/h7-10,18,20H,4-6,11-16H2,1-3H3. The maximum absolute atomic E-state index is 13.2. The predicted molar refractivity (Wildman–Crippen MR) is 125 cm³/mol. The molecule has 0 spiro atoms. The van der Waals surface area contributed by atoms with Gasteiger partial charge in [0.25, 0.3) is 5.91 Å². The molecule has 0 radical (unpaired) electrons. The zero-order chi connectivity index (χ0) is 22.0. The molecule has 5 nitrogen and oxygen atoms in total. The van der Waals surface area contributed by atoms with E-state index in [0.717, 1.165) is 73.0 Å². The highest BCUT2D eigenvalue weighted by molar-refractivity contribution is 7.17. The van der Waals surface area contributed by atoms with E-state index in [2.05, 4.69) is 48.0 Å². The zero-order valence-electron chi connectivity index (χ0n) is 18.9. The van der Waals surface area contributed by atoms with E-state index < -0.39 is 0 Å². The van der Waals surface area contributed by atoms with E-state index in [4.69, 9.17) is 0 Å². The molecule has 1 aromatic carbocycles. The summed E-state index contributed by atoms with van der Waals surface area (Å²) in [7, 11) is 0. The molecule has 2 aliphatic rings. The van der Waals surface area contributed by atoms with Gasteiger partial charge in [0.05, 0.1) is 5.69 Å². The fraction of sp³-hybridized carbons (Fsp3) is 0.560. The summed E-state index contributed by atoms with van der Waals surface area (Å²) in [6.45, 7) is 9.34. The molecule has 2 aliphatic heterocycles. The lowest BCUT2D eigenvalue weighted by atomic mass is 9.84. The molecule has 0 aliphatic carbocycles. The summed E-state index contributed by atoms with van der Waals surface area (Å²) in [6, 6.07) is 8.28. The lowest BCUT2D eigenvalue weighted by Gasteiger charge is -2.37. The molecule has 2 fully saturated rings. The van der Waals surface area contributed by atoms with Gasteiger partial charge in [0, 0.05) is 37.7 Å². The smallest absolute Gasteiger partial charge is 0.265 e. The van der Waals surface area contributed by atoms with E-state index in [-0.39, 0.29) is 11.8 Å². The first kappa shape index (κ1) is 22.0. The first-order valence-electron chi connectivity index (χ1n) is 11.6. The molecule has 3 heterocycles. The van der Waals surface area contributed by atoms with Crippen LogP contribution in [-0.2, 0) is 4.79 Å². The topological polar surface area (TPSA) is 53.5 Å². The van der Waals surface area contributed by atoms with E-state index in [1.807, 2.05) is 11.8 Å². The maximum atomic E-state index is 13.2. The third-order valence-electron chi connectivity index (χ3n) is 6.88. The lowest BCUT2D eigenvalue weighted by molar-refractivity contribution is -0.138. The number of amides is 2. The minimum absolute atomic E-state index is 0.0497. The minimum atomic E-state index is 0.0497. The monoisotopic (exact) mass is 439 g/mol. The Balaban J connectivity index is 1.37. The number of thiazole rings is 1. The van der Waals surface area contributed by atoms with Crippen molar-refractivity contribution in [1.82, 2.24) is 14.8 Å². The molecular formula is C25H33N3O2S. The Morgan fingerprint density at radius 2 is 1.61 bits per heavy atom. The average Bonchev–Trinajstić information content (AvgIpc) is 3.20. The van der Waals surface area contributed by atoms with Gasteiger partial charge in [-0.3, -0.25) is 9.59 Å². The highest BCUT2D eigenvalue weighted by atomic mass is 32.1. The van der Waals surface area contributed by atoms with Gasteiger partial charge in [0.15, 0.2) is 0 Å². The summed E-state index contributed by atoms with van der Waals surface area (Å²) >= 11 is 1.49. The van der Waals surface area contributed by atoms with Crippen LogP contribution in [0.5, 0.6) is 0 Å². The number of carbonyl (C=O) groups is 2. The van der Waals surface area contributed by atoms with Gasteiger partial charge in [-0.25, -0.2) is 4.98 Å². The molecule has 31 heavy (non-hydrogen) atoms. The van der Waals surface area contributed by atoms with Gasteiger partial charge in [-0.1, -0.05) is 36.8 Å². The van der Waals surface area contributed by atoms with Crippen molar-refractivity contribution in [2.75, 3.05) is 26.2 Å². The van der Waals surface area contributed by atoms with Crippen molar-refractivity contribution in [3.05, 3.63) is 40.4 Å². The van der Waals surface area contributed by atoms with Crippen molar-refractivity contribution in [2.45, 2.75) is 52.9 Å². The van der Waals surface area contributed by atoms with Crippen LogP contribution in [0.25, 0.3) is 10.6 Å². The number of rotatable bonds is 4. The van der Waals surface area contributed by atoms with E-state index in [0.29, 0.717) is 11.8 Å². The number of nitrogens with zero attached hydrogens (tertiary/aromatic N) is 3. The number of hydrogen-bond donors (Lipinski definition) is 0. The van der Waals surface area contributed by atoms with Crippen LogP contribution in [0.15, 0.2) is 24.3 Å². The Bertz CT molecular complexity index is 923. The van der Waals surface area contributed by atoms with Crippen LogP contribution < -0.4 is 0 Å². The second-order valence-electron chi connectivity index (χ2n) is 9.10. The number of carbonyl (C=O) groups excluding carboxylic acids is 2. The number of piperidine rings is 2. The van der Waals surface area contributed by atoms with Crippen LogP contribution in [0, 0.1) is 25.7 Å². The Morgan fingerprint density at radius 3 is 2.26 bits per heavy atom. The van der Waals surface area contributed by atoms with E-state index >= 15 is 0 Å². The van der Waals surface area contributed by atoms with E-state index in [9.17, 15) is 9.59 Å². The van der Waals surface area contributed by atoms with Gasteiger partial charge in [0.1, 0.15) is 9.88 Å². The average molecular weight is 440 g/mol. The molecule has 2 saturated heterocycles. The summed E-state index contributed by atoms with van der Waals surface area (Å²) in [4.78, 5) is 35.5. The summed E-state index contributed by atoms with van der Waals surface area (Å²) in [5, 5.41) is 0.900. The van der Waals surface area contributed by atoms with Crippen molar-refractivity contribution in [2.24, 2.45) is 11.8 Å². The van der Waals surface area contributed by atoms with Gasteiger partial charge in [-0.05, 0) is 51.9 Å². The normalized spacial score (nSPS) is 18.8. The quantitative estimate of drug-likeness (QED) is 0.679. The van der Waals surface area contributed by atoms with Crippen molar-refractivity contribution < 1.29 is 9.59 Å². The largest absolute Gasteiger partial charge is 0.342 e. The number of likely N-dealkylation sites (tertiary alicyclic amines) is 2. The number of benzene rings is 1. The van der Waals surface area contributed by atoms with E-state index in [1.165, 1.54) is 23.3 Å². The molecule has 0 saturated carbocycles. The maximum Gasteiger partial charge on any atom is 0.265 e. The van der Waals surface area contributed by atoms with Crippen LogP contribution in [0.2, 0.25) is 0 Å². The van der Waals surface area contributed by atoms with Gasteiger partial charge in [-0.2, -0.15) is 0 Å². The first-order chi connectivity index (χ1) is 14.9. The molecule has 0 bridgehead atoms. The lowest BCUT2D eigenvalue weighted by Crippen LogP contribution is -2.45. The molecule has 4 rings (SSSR count). The molecule has 2 aromatic rings. The van der Waals surface area contributed by atoms with Gasteiger partial charge in [0.2, 0.25) is 5.91 Å². The predicted octanol–water partition coefficient (Wildman–Crippen LogP) is 4.93. The SMILES string of the molecule is Cc1ccc(-c2nc(C)c(C(=O)N3CCC(C(C)C(=O)N4CCCCC4)CC3)s2)cc1. The molecule has 2 amide bonds. The fourth-order valence-electron chi connectivity index (χ4n) is 4.76. The molecular weight excluding hydrogens is 406 g/mol. The molecule has 1 aromatic heterocycles. The van der Waals surface area contributed by atoms with Crippen molar-refractivity contribution in [1.29, 1.82) is 0 Å². The van der Waals surface area contributed by atoms with Crippen LogP contribution in [0.4, 0.5) is 0 Å². The molecule has 1 unspecified atom stereocenters. The number of aromatic nitrogens is 1. The van der Waals surface area contributed by atoms with Crippen LogP contribution in [-0.4, -0.2) is 52.8 Å². The molecule has 0 N–H and O–H groups in total. The van der Waals surface area contributed by atoms with E-state index in [1.54, 1.807) is 0 Å². The van der Waals surface area contributed by atoms with Crippen LogP contribution >= 0.6 is 11.3 Å². The second-order valence-corrected chi connectivity index (χ2v) is 10.1. The molecule has 1 atom stereocenters. The second kappa shape index (κ2) is 9.51. The van der Waals surface area contributed by atoms with Crippen molar-refractivity contribution in [3.63, 3.8) is 0 Å². The van der Waals surface area contributed by atoms with Crippen molar-refractivity contribution in [3.8, 4) is 10.6 Å². The van der Waals surface area contributed by atoms with Crippen LogP contribution in [0.3, 0.4) is 0 Å². The Morgan fingerprint density at radius 1 is 0.968 bits per heavy atom. The molecule has 6 heteroatoms.